The van der Waals surface area contributed by atoms with Crippen LogP contribution in [-0.2, 0) is 4.74 Å². The Balaban J connectivity index is 2.32. The largest absolute Gasteiger partial charge is 0.378 e. The van der Waals surface area contributed by atoms with Crippen molar-refractivity contribution in [2.75, 3.05) is 31.2 Å². The minimum Gasteiger partial charge on any atom is -0.378 e. The second-order valence-corrected chi connectivity index (χ2v) is 6.19. The van der Waals surface area contributed by atoms with Gasteiger partial charge in [0.05, 0.1) is 33.1 Å². The highest BCUT2D eigenvalue weighted by Crippen LogP contribution is 2.42. The molecule has 8 heteroatoms. The number of carbonyl (C=O) groups excluding carboxylic acids is 1. The summed E-state index contributed by atoms with van der Waals surface area (Å²) in [6, 6.07) is 0. The molecule has 0 amide bonds. The highest BCUT2D eigenvalue weighted by atomic mass is 32.1. The van der Waals surface area contributed by atoms with Crippen LogP contribution >= 0.6 is 11.3 Å². The maximum Gasteiger partial charge on any atom is 0.299 e. The van der Waals surface area contributed by atoms with Gasteiger partial charge in [0, 0.05) is 13.1 Å². The number of aldehydes is 1. The first-order valence-corrected chi connectivity index (χ1v) is 7.72. The van der Waals surface area contributed by atoms with E-state index in [1.165, 1.54) is 11.3 Å². The number of anilines is 1. The zero-order valence-electron chi connectivity index (χ0n) is 12.3. The van der Waals surface area contributed by atoms with Crippen LogP contribution in [0.3, 0.4) is 0 Å². The van der Waals surface area contributed by atoms with Gasteiger partial charge in [-0.1, -0.05) is 0 Å². The lowest BCUT2D eigenvalue weighted by molar-refractivity contribution is -0.383. The van der Waals surface area contributed by atoms with Crippen molar-refractivity contribution in [3.05, 3.63) is 26.2 Å². The summed E-state index contributed by atoms with van der Waals surface area (Å²) < 4.78 is 6.05. The molecule has 0 spiro atoms. The molecular weight excluding hydrogens is 306 g/mol. The van der Waals surface area contributed by atoms with Crippen LogP contribution in [0, 0.1) is 24.0 Å². The van der Waals surface area contributed by atoms with E-state index in [4.69, 9.17) is 4.74 Å². The average molecular weight is 321 g/mol. The van der Waals surface area contributed by atoms with Crippen LogP contribution < -0.4 is 4.90 Å². The molecule has 22 heavy (non-hydrogen) atoms. The number of aryl methyl sites for hydroxylation is 2. The summed E-state index contributed by atoms with van der Waals surface area (Å²) in [5.41, 5.74) is 1.02. The fraction of sp³-hybridized carbons (Fsp3) is 0.429. The van der Waals surface area contributed by atoms with E-state index in [1.807, 2.05) is 0 Å². The van der Waals surface area contributed by atoms with Crippen LogP contribution in [0.4, 0.5) is 11.5 Å². The number of ether oxygens (including phenoxy) is 1. The topological polar surface area (TPSA) is 85.6 Å². The Morgan fingerprint density at radius 1 is 1.36 bits per heavy atom. The number of aromatic nitrogens is 1. The monoisotopic (exact) mass is 321 g/mol. The molecule has 0 N–H and O–H groups in total. The molecule has 1 aliphatic heterocycles. The van der Waals surface area contributed by atoms with E-state index in [2.05, 4.69) is 9.88 Å². The third kappa shape index (κ3) is 2.24. The van der Waals surface area contributed by atoms with Gasteiger partial charge in [-0.3, -0.25) is 14.9 Å². The Kier molecular flexibility index (Phi) is 3.79. The molecule has 1 aliphatic rings. The van der Waals surface area contributed by atoms with Crippen molar-refractivity contribution in [2.45, 2.75) is 13.8 Å². The van der Waals surface area contributed by atoms with Crippen molar-refractivity contribution in [3.63, 3.8) is 0 Å². The molecule has 116 valence electrons. The highest BCUT2D eigenvalue weighted by molar-refractivity contribution is 7.21. The zero-order valence-corrected chi connectivity index (χ0v) is 13.1. The molecule has 0 radical (unpaired) electrons. The van der Waals surface area contributed by atoms with Crippen LogP contribution in [0.5, 0.6) is 0 Å². The average Bonchev–Trinajstić information content (AvgIpc) is 2.84. The quantitative estimate of drug-likeness (QED) is 0.490. The highest BCUT2D eigenvalue weighted by Gasteiger charge is 2.28. The fourth-order valence-corrected chi connectivity index (χ4v) is 3.88. The van der Waals surface area contributed by atoms with Crippen LogP contribution in [0.15, 0.2) is 0 Å². The van der Waals surface area contributed by atoms with E-state index >= 15 is 0 Å². The van der Waals surface area contributed by atoms with E-state index in [0.717, 1.165) is 6.29 Å². The van der Waals surface area contributed by atoms with Crippen LogP contribution in [0.2, 0.25) is 0 Å². The number of carbonyl (C=O) groups is 1. The van der Waals surface area contributed by atoms with Gasteiger partial charge in [-0.05, 0) is 19.4 Å². The molecule has 1 fully saturated rings. The summed E-state index contributed by atoms with van der Waals surface area (Å²) in [6.07, 6.45) is 0.752. The van der Waals surface area contributed by atoms with Crippen LogP contribution in [-0.4, -0.2) is 42.5 Å². The van der Waals surface area contributed by atoms with Gasteiger partial charge in [0.2, 0.25) is 0 Å². The van der Waals surface area contributed by atoms with Gasteiger partial charge < -0.3 is 9.64 Å². The molecule has 0 saturated carbocycles. The predicted molar refractivity (Wildman–Crippen MR) is 84.2 cm³/mol. The van der Waals surface area contributed by atoms with Crippen molar-refractivity contribution in [1.29, 1.82) is 0 Å². The zero-order chi connectivity index (χ0) is 15.9. The molecule has 0 aromatic carbocycles. The lowest BCUT2D eigenvalue weighted by Crippen LogP contribution is -2.36. The second-order valence-electron chi connectivity index (χ2n) is 5.14. The third-order valence-corrected chi connectivity index (χ3v) is 5.05. The van der Waals surface area contributed by atoms with Crippen LogP contribution in [0.25, 0.3) is 10.1 Å². The predicted octanol–water partition coefficient (Wildman–Crippen LogP) is 2.47. The number of pyridine rings is 1. The van der Waals surface area contributed by atoms with E-state index in [1.54, 1.807) is 13.8 Å². The molecule has 3 rings (SSSR count). The fourth-order valence-electron chi connectivity index (χ4n) is 2.74. The van der Waals surface area contributed by atoms with Crippen molar-refractivity contribution < 1.29 is 14.5 Å². The first-order valence-electron chi connectivity index (χ1n) is 6.90. The molecule has 0 unspecified atom stereocenters. The Morgan fingerprint density at radius 3 is 2.64 bits per heavy atom. The lowest BCUT2D eigenvalue weighted by Gasteiger charge is -2.28. The van der Waals surface area contributed by atoms with Gasteiger partial charge >= 0.3 is 0 Å². The molecule has 2 aromatic rings. The summed E-state index contributed by atoms with van der Waals surface area (Å²) in [6.45, 7) is 5.96. The van der Waals surface area contributed by atoms with Crippen molar-refractivity contribution in [3.8, 4) is 0 Å². The Bertz CT molecular complexity index is 765. The maximum absolute atomic E-state index is 11.4. The summed E-state index contributed by atoms with van der Waals surface area (Å²) in [5, 5.41) is 12.0. The molecule has 3 heterocycles. The minimum atomic E-state index is -0.415. The number of thiophene rings is 1. The maximum atomic E-state index is 11.4. The molecule has 0 aliphatic carbocycles. The Morgan fingerprint density at radius 2 is 2.05 bits per heavy atom. The van der Waals surface area contributed by atoms with Crippen molar-refractivity contribution in [1.82, 2.24) is 4.98 Å². The number of fused-ring (bicyclic) bond motifs is 1. The summed E-state index contributed by atoms with van der Waals surface area (Å²) in [7, 11) is 0. The Hall–Kier alpha value is -2.06. The van der Waals surface area contributed by atoms with E-state index in [9.17, 15) is 14.9 Å². The summed E-state index contributed by atoms with van der Waals surface area (Å²) >= 11 is 1.27. The number of rotatable bonds is 3. The normalized spacial score (nSPS) is 15.3. The molecule has 0 bridgehead atoms. The standard InChI is InChI=1S/C14H15N3O4S/c1-8-10(7-18)22-13-11(8)12(17(19)20)9(2)15-14(13)16-3-5-21-6-4-16/h7H,3-6H2,1-2H3. The van der Waals surface area contributed by atoms with Gasteiger partial charge in [-0.2, -0.15) is 0 Å². The first kappa shape index (κ1) is 14.9. The van der Waals surface area contributed by atoms with Gasteiger partial charge in [0.25, 0.3) is 5.69 Å². The smallest absolute Gasteiger partial charge is 0.299 e. The molecular formula is C14H15N3O4S. The van der Waals surface area contributed by atoms with E-state index in [-0.39, 0.29) is 5.69 Å². The Labute approximate surface area is 130 Å². The van der Waals surface area contributed by atoms with Gasteiger partial charge in [0.15, 0.2) is 6.29 Å². The summed E-state index contributed by atoms with van der Waals surface area (Å²) in [4.78, 5) is 29.3. The number of nitrogens with zero attached hydrogens (tertiary/aromatic N) is 3. The molecule has 0 atom stereocenters. The second kappa shape index (κ2) is 5.62. The molecule has 7 nitrogen and oxygen atoms in total. The van der Waals surface area contributed by atoms with Crippen molar-refractivity contribution >= 4 is 39.2 Å². The van der Waals surface area contributed by atoms with Crippen molar-refractivity contribution in [2.24, 2.45) is 0 Å². The lowest BCUT2D eigenvalue weighted by atomic mass is 10.1. The third-order valence-electron chi connectivity index (χ3n) is 3.84. The van der Waals surface area contributed by atoms with Crippen LogP contribution in [0.1, 0.15) is 20.9 Å². The number of nitro groups is 1. The SMILES string of the molecule is Cc1nc(N2CCOCC2)c2sc(C=O)c(C)c2c1[N+](=O)[O-]. The summed E-state index contributed by atoms with van der Waals surface area (Å²) in [5.74, 6) is 0.711. The number of hydrogen-bond acceptors (Lipinski definition) is 7. The van der Waals surface area contributed by atoms with Gasteiger partial charge in [0.1, 0.15) is 11.5 Å². The van der Waals surface area contributed by atoms with Gasteiger partial charge in [-0.25, -0.2) is 4.98 Å². The minimum absolute atomic E-state index is 0.00569. The van der Waals surface area contributed by atoms with Gasteiger partial charge in [-0.15, -0.1) is 11.3 Å². The first-order chi connectivity index (χ1) is 10.5. The van der Waals surface area contributed by atoms with E-state index in [0.29, 0.717) is 58.3 Å². The number of hydrogen-bond donors (Lipinski definition) is 0. The molecule has 2 aromatic heterocycles. The van der Waals surface area contributed by atoms with E-state index < -0.39 is 4.92 Å². The molecule has 1 saturated heterocycles. The number of morpholine rings is 1.